The average Bonchev–Trinajstić information content (AvgIpc) is 3.04. The van der Waals surface area contributed by atoms with Crippen molar-refractivity contribution in [1.29, 1.82) is 0 Å². The van der Waals surface area contributed by atoms with Gasteiger partial charge in [-0.3, -0.25) is 4.98 Å². The zero-order chi connectivity index (χ0) is 17.9. The van der Waals surface area contributed by atoms with Gasteiger partial charge in [0.15, 0.2) is 0 Å². The number of halogens is 1. The summed E-state index contributed by atoms with van der Waals surface area (Å²) in [5.41, 5.74) is 4.02. The van der Waals surface area contributed by atoms with Crippen LogP contribution in [-0.2, 0) is 13.1 Å². The summed E-state index contributed by atoms with van der Waals surface area (Å²) >= 11 is 0. The SMILES string of the molecule is Cc1nccn1Cc1cccc(CNc2ccnc3cc(F)ccc23)c1. The summed E-state index contributed by atoms with van der Waals surface area (Å²) in [6, 6.07) is 15.1. The Morgan fingerprint density at radius 1 is 1.00 bits per heavy atom. The average molecular weight is 346 g/mol. The van der Waals surface area contributed by atoms with Crippen LogP contribution in [0.1, 0.15) is 17.0 Å². The van der Waals surface area contributed by atoms with Crippen molar-refractivity contribution < 1.29 is 4.39 Å². The molecular formula is C21H19FN4. The number of fused-ring (bicyclic) bond motifs is 1. The number of hydrogen-bond acceptors (Lipinski definition) is 3. The first-order chi connectivity index (χ1) is 12.7. The molecular weight excluding hydrogens is 327 g/mol. The van der Waals surface area contributed by atoms with Gasteiger partial charge in [0.1, 0.15) is 11.6 Å². The molecule has 0 radical (unpaired) electrons. The summed E-state index contributed by atoms with van der Waals surface area (Å²) in [4.78, 5) is 8.50. The van der Waals surface area contributed by atoms with Crippen LogP contribution in [0.4, 0.5) is 10.1 Å². The van der Waals surface area contributed by atoms with E-state index in [9.17, 15) is 4.39 Å². The molecule has 4 rings (SSSR count). The van der Waals surface area contributed by atoms with Gasteiger partial charge in [-0.1, -0.05) is 24.3 Å². The number of rotatable bonds is 5. The van der Waals surface area contributed by atoms with Crippen LogP contribution in [0.2, 0.25) is 0 Å². The normalized spacial score (nSPS) is 11.0. The van der Waals surface area contributed by atoms with E-state index in [1.54, 1.807) is 12.3 Å². The minimum Gasteiger partial charge on any atom is -0.380 e. The molecule has 0 aliphatic rings. The monoisotopic (exact) mass is 346 g/mol. The van der Waals surface area contributed by atoms with Crippen LogP contribution in [-0.4, -0.2) is 14.5 Å². The molecule has 0 unspecified atom stereocenters. The van der Waals surface area contributed by atoms with Gasteiger partial charge in [-0.05, 0) is 36.2 Å². The van der Waals surface area contributed by atoms with Crippen LogP contribution in [0.3, 0.4) is 0 Å². The van der Waals surface area contributed by atoms with Crippen molar-refractivity contribution in [3.63, 3.8) is 0 Å². The minimum absolute atomic E-state index is 0.273. The third kappa shape index (κ3) is 3.42. The Bertz CT molecular complexity index is 1050. The molecule has 4 aromatic rings. The van der Waals surface area contributed by atoms with E-state index < -0.39 is 0 Å². The summed E-state index contributed by atoms with van der Waals surface area (Å²) in [5.74, 6) is 0.730. The first kappa shape index (κ1) is 16.3. The zero-order valence-corrected chi connectivity index (χ0v) is 14.5. The molecule has 0 atom stereocenters. The fourth-order valence-corrected chi connectivity index (χ4v) is 3.08. The molecule has 0 fully saturated rings. The number of pyridine rings is 1. The van der Waals surface area contributed by atoms with E-state index in [-0.39, 0.29) is 5.82 Å². The van der Waals surface area contributed by atoms with E-state index in [0.29, 0.717) is 12.1 Å². The number of aromatic nitrogens is 3. The highest BCUT2D eigenvalue weighted by atomic mass is 19.1. The van der Waals surface area contributed by atoms with Crippen molar-refractivity contribution in [2.45, 2.75) is 20.0 Å². The molecule has 0 saturated heterocycles. The fraction of sp³-hybridized carbons (Fsp3) is 0.143. The smallest absolute Gasteiger partial charge is 0.125 e. The molecule has 0 bridgehead atoms. The van der Waals surface area contributed by atoms with Gasteiger partial charge in [-0.2, -0.15) is 0 Å². The lowest BCUT2D eigenvalue weighted by Crippen LogP contribution is -2.04. The molecule has 2 heterocycles. The Hall–Kier alpha value is -3.21. The second-order valence-corrected chi connectivity index (χ2v) is 6.30. The number of nitrogens with zero attached hydrogens (tertiary/aromatic N) is 3. The van der Waals surface area contributed by atoms with Gasteiger partial charge in [-0.15, -0.1) is 0 Å². The lowest BCUT2D eigenvalue weighted by Gasteiger charge is -2.11. The van der Waals surface area contributed by atoms with E-state index in [0.717, 1.165) is 23.4 Å². The van der Waals surface area contributed by atoms with E-state index >= 15 is 0 Å². The first-order valence-corrected chi connectivity index (χ1v) is 8.53. The lowest BCUT2D eigenvalue weighted by atomic mass is 10.1. The molecule has 26 heavy (non-hydrogen) atoms. The number of imidazole rings is 1. The maximum absolute atomic E-state index is 13.4. The summed E-state index contributed by atoms with van der Waals surface area (Å²) in [6.45, 7) is 3.49. The summed E-state index contributed by atoms with van der Waals surface area (Å²) in [6.07, 6.45) is 5.50. The highest BCUT2D eigenvalue weighted by molar-refractivity contribution is 5.90. The van der Waals surface area contributed by atoms with Gasteiger partial charge >= 0.3 is 0 Å². The van der Waals surface area contributed by atoms with E-state index in [1.165, 1.54) is 23.3 Å². The number of benzene rings is 2. The summed E-state index contributed by atoms with van der Waals surface area (Å²) < 4.78 is 15.5. The number of nitrogens with one attached hydrogen (secondary N) is 1. The Morgan fingerprint density at radius 2 is 1.88 bits per heavy atom. The van der Waals surface area contributed by atoms with Crippen molar-refractivity contribution >= 4 is 16.6 Å². The van der Waals surface area contributed by atoms with Crippen LogP contribution >= 0.6 is 0 Å². The van der Waals surface area contributed by atoms with E-state index in [2.05, 4.69) is 44.1 Å². The zero-order valence-electron chi connectivity index (χ0n) is 14.5. The lowest BCUT2D eigenvalue weighted by molar-refractivity contribution is 0.629. The first-order valence-electron chi connectivity index (χ1n) is 8.53. The summed E-state index contributed by atoms with van der Waals surface area (Å²) in [7, 11) is 0. The summed E-state index contributed by atoms with van der Waals surface area (Å²) in [5, 5.41) is 4.36. The standard InChI is InChI=1S/C21H19FN4/c1-15-23-9-10-26(15)14-17-4-2-3-16(11-17)13-25-20-7-8-24-21-12-18(22)5-6-19(20)21/h2-12H,13-14H2,1H3,(H,24,25). The second-order valence-electron chi connectivity index (χ2n) is 6.30. The number of hydrogen-bond donors (Lipinski definition) is 1. The molecule has 2 aromatic carbocycles. The maximum Gasteiger partial charge on any atom is 0.125 e. The number of anilines is 1. The minimum atomic E-state index is -0.273. The molecule has 130 valence electrons. The van der Waals surface area contributed by atoms with Crippen molar-refractivity contribution in [3.8, 4) is 0 Å². The highest BCUT2D eigenvalue weighted by Crippen LogP contribution is 2.23. The van der Waals surface area contributed by atoms with Crippen LogP contribution in [0.5, 0.6) is 0 Å². The molecule has 0 aliphatic heterocycles. The molecule has 2 aromatic heterocycles. The van der Waals surface area contributed by atoms with Gasteiger partial charge in [0.25, 0.3) is 0 Å². The molecule has 1 N–H and O–H groups in total. The quantitative estimate of drug-likeness (QED) is 0.577. The molecule has 0 spiro atoms. The van der Waals surface area contributed by atoms with Crippen LogP contribution < -0.4 is 5.32 Å². The van der Waals surface area contributed by atoms with Gasteiger partial charge < -0.3 is 9.88 Å². The predicted molar refractivity (Wildman–Crippen MR) is 102 cm³/mol. The highest BCUT2D eigenvalue weighted by Gasteiger charge is 2.04. The molecule has 0 aliphatic carbocycles. The largest absolute Gasteiger partial charge is 0.380 e. The Labute approximate surface area is 151 Å². The third-order valence-corrected chi connectivity index (χ3v) is 4.46. The molecule has 0 saturated carbocycles. The topological polar surface area (TPSA) is 42.7 Å². The van der Waals surface area contributed by atoms with E-state index in [4.69, 9.17) is 0 Å². The van der Waals surface area contributed by atoms with Crippen LogP contribution in [0, 0.1) is 12.7 Å². The predicted octanol–water partition coefficient (Wildman–Crippen LogP) is 4.54. The van der Waals surface area contributed by atoms with Crippen molar-refractivity contribution in [2.75, 3.05) is 5.32 Å². The Morgan fingerprint density at radius 3 is 2.73 bits per heavy atom. The van der Waals surface area contributed by atoms with Gasteiger partial charge in [0.05, 0.1) is 5.52 Å². The fourth-order valence-electron chi connectivity index (χ4n) is 3.08. The Balaban J connectivity index is 1.52. The second kappa shape index (κ2) is 6.96. The number of aryl methyl sites for hydroxylation is 1. The van der Waals surface area contributed by atoms with Crippen LogP contribution in [0.15, 0.2) is 67.1 Å². The molecule has 5 heteroatoms. The van der Waals surface area contributed by atoms with E-state index in [1.807, 2.05) is 25.4 Å². The van der Waals surface area contributed by atoms with Crippen LogP contribution in [0.25, 0.3) is 10.9 Å². The maximum atomic E-state index is 13.4. The van der Waals surface area contributed by atoms with Crippen molar-refractivity contribution in [1.82, 2.24) is 14.5 Å². The molecule has 4 nitrogen and oxygen atoms in total. The van der Waals surface area contributed by atoms with Gasteiger partial charge in [-0.25, -0.2) is 9.37 Å². The van der Waals surface area contributed by atoms with Gasteiger partial charge in [0, 0.05) is 48.8 Å². The van der Waals surface area contributed by atoms with Crippen molar-refractivity contribution in [3.05, 3.63) is 89.9 Å². The Kier molecular flexibility index (Phi) is 4.35. The third-order valence-electron chi connectivity index (χ3n) is 4.46. The van der Waals surface area contributed by atoms with Gasteiger partial charge in [0.2, 0.25) is 0 Å². The van der Waals surface area contributed by atoms with Crippen molar-refractivity contribution in [2.24, 2.45) is 0 Å². The molecule has 0 amide bonds.